The molecule has 5 heteroatoms. The topological polar surface area (TPSA) is 30.5 Å². The van der Waals surface area contributed by atoms with Crippen LogP contribution in [-0.2, 0) is 13.2 Å². The maximum Gasteiger partial charge on any atom is 0.175 e. The number of halogens is 2. The van der Waals surface area contributed by atoms with Gasteiger partial charge in [-0.05, 0) is 46.2 Å². The van der Waals surface area contributed by atoms with Crippen molar-refractivity contribution >= 4 is 15.9 Å². The summed E-state index contributed by atoms with van der Waals surface area (Å²) in [5.74, 6) is 0.922. The third-order valence-electron chi connectivity index (χ3n) is 3.20. The lowest BCUT2D eigenvalue weighted by Gasteiger charge is -2.15. The van der Waals surface area contributed by atoms with Crippen molar-refractivity contribution in [1.82, 2.24) is 5.32 Å². The van der Waals surface area contributed by atoms with Crippen molar-refractivity contribution in [2.24, 2.45) is 0 Å². The van der Waals surface area contributed by atoms with Crippen LogP contribution in [0, 0.1) is 5.82 Å². The molecule has 0 radical (unpaired) electrons. The molecule has 0 spiro atoms. The van der Waals surface area contributed by atoms with Gasteiger partial charge in [0.25, 0.3) is 0 Å². The lowest BCUT2D eigenvalue weighted by atomic mass is 10.2. The molecule has 0 aromatic heterocycles. The molecule has 0 aliphatic heterocycles. The average Bonchev–Trinajstić information content (AvgIpc) is 2.52. The zero-order chi connectivity index (χ0) is 15.9. The molecule has 0 amide bonds. The molecule has 0 fully saturated rings. The van der Waals surface area contributed by atoms with E-state index in [1.807, 2.05) is 12.1 Å². The molecule has 118 valence electrons. The van der Waals surface area contributed by atoms with E-state index in [4.69, 9.17) is 9.47 Å². The smallest absolute Gasteiger partial charge is 0.175 e. The SMILES string of the molecule is CCNCc1cc(Br)c(OCc2ccccc2F)c(OC)c1. The summed E-state index contributed by atoms with van der Waals surface area (Å²) in [4.78, 5) is 0. The first kappa shape index (κ1) is 16.8. The van der Waals surface area contributed by atoms with E-state index in [1.54, 1.807) is 25.3 Å². The zero-order valence-electron chi connectivity index (χ0n) is 12.7. The zero-order valence-corrected chi connectivity index (χ0v) is 14.2. The Morgan fingerprint density at radius 2 is 2.00 bits per heavy atom. The molecule has 3 nitrogen and oxygen atoms in total. The Hall–Kier alpha value is -1.59. The molecule has 0 heterocycles. The summed E-state index contributed by atoms with van der Waals surface area (Å²) in [6.45, 7) is 3.84. The summed E-state index contributed by atoms with van der Waals surface area (Å²) in [5.41, 5.74) is 1.59. The molecule has 0 atom stereocenters. The predicted octanol–water partition coefficient (Wildman–Crippen LogP) is 4.29. The molecule has 2 aromatic carbocycles. The number of rotatable bonds is 7. The highest BCUT2D eigenvalue weighted by Crippen LogP contribution is 2.37. The molecule has 0 aliphatic carbocycles. The van der Waals surface area contributed by atoms with Crippen LogP contribution in [0.1, 0.15) is 18.1 Å². The first-order valence-corrected chi connectivity index (χ1v) is 7.88. The van der Waals surface area contributed by atoms with Gasteiger partial charge in [-0.25, -0.2) is 4.39 Å². The van der Waals surface area contributed by atoms with Gasteiger partial charge in [0, 0.05) is 12.1 Å². The van der Waals surface area contributed by atoms with Crippen LogP contribution in [0.2, 0.25) is 0 Å². The van der Waals surface area contributed by atoms with Crippen molar-refractivity contribution in [3.05, 3.63) is 57.8 Å². The monoisotopic (exact) mass is 367 g/mol. The van der Waals surface area contributed by atoms with E-state index in [0.717, 1.165) is 23.1 Å². The summed E-state index contributed by atoms with van der Waals surface area (Å²) < 4.78 is 25.6. The first-order valence-electron chi connectivity index (χ1n) is 7.09. The minimum atomic E-state index is -0.277. The van der Waals surface area contributed by atoms with Crippen LogP contribution in [0.5, 0.6) is 11.5 Å². The van der Waals surface area contributed by atoms with E-state index in [1.165, 1.54) is 6.07 Å². The van der Waals surface area contributed by atoms with Gasteiger partial charge in [-0.3, -0.25) is 0 Å². The third-order valence-corrected chi connectivity index (χ3v) is 3.79. The van der Waals surface area contributed by atoms with Crippen molar-refractivity contribution in [3.63, 3.8) is 0 Å². The molecule has 22 heavy (non-hydrogen) atoms. The Balaban J connectivity index is 2.18. The Bertz CT molecular complexity index is 634. The molecule has 0 saturated carbocycles. The normalized spacial score (nSPS) is 10.5. The Morgan fingerprint density at radius 3 is 2.68 bits per heavy atom. The Morgan fingerprint density at radius 1 is 1.23 bits per heavy atom. The lowest BCUT2D eigenvalue weighted by molar-refractivity contribution is 0.277. The summed E-state index contributed by atoms with van der Waals surface area (Å²) in [6, 6.07) is 10.5. The molecule has 0 bridgehead atoms. The molecular weight excluding hydrogens is 349 g/mol. The number of hydrogen-bond donors (Lipinski definition) is 1. The summed E-state index contributed by atoms with van der Waals surface area (Å²) in [5, 5.41) is 3.26. The lowest BCUT2D eigenvalue weighted by Crippen LogP contribution is -2.12. The van der Waals surface area contributed by atoms with E-state index in [2.05, 4.69) is 28.2 Å². The van der Waals surface area contributed by atoms with Gasteiger partial charge in [0.05, 0.1) is 11.6 Å². The van der Waals surface area contributed by atoms with Crippen LogP contribution in [0.3, 0.4) is 0 Å². The molecule has 1 N–H and O–H groups in total. The van der Waals surface area contributed by atoms with Crippen molar-refractivity contribution in [2.75, 3.05) is 13.7 Å². The summed E-state index contributed by atoms with van der Waals surface area (Å²) in [7, 11) is 1.59. The highest BCUT2D eigenvalue weighted by atomic mass is 79.9. The van der Waals surface area contributed by atoms with Gasteiger partial charge in [0.2, 0.25) is 0 Å². The standard InChI is InChI=1S/C17H19BrFNO2/c1-3-20-10-12-8-14(18)17(16(9-12)21-2)22-11-13-6-4-5-7-15(13)19/h4-9,20H,3,10-11H2,1-2H3. The minimum absolute atomic E-state index is 0.147. The fraction of sp³-hybridized carbons (Fsp3) is 0.294. The molecule has 0 unspecified atom stereocenters. The van der Waals surface area contributed by atoms with E-state index < -0.39 is 0 Å². The van der Waals surface area contributed by atoms with Crippen molar-refractivity contribution in [1.29, 1.82) is 0 Å². The second kappa shape index (κ2) is 8.15. The fourth-order valence-electron chi connectivity index (χ4n) is 2.05. The maximum atomic E-state index is 13.6. The molecule has 2 aromatic rings. The second-order valence-electron chi connectivity index (χ2n) is 4.77. The van der Waals surface area contributed by atoms with E-state index in [0.29, 0.717) is 17.1 Å². The maximum absolute atomic E-state index is 13.6. The van der Waals surface area contributed by atoms with Gasteiger partial charge in [0.1, 0.15) is 12.4 Å². The van der Waals surface area contributed by atoms with Gasteiger partial charge < -0.3 is 14.8 Å². The highest BCUT2D eigenvalue weighted by molar-refractivity contribution is 9.10. The minimum Gasteiger partial charge on any atom is -0.493 e. The fourth-order valence-corrected chi connectivity index (χ4v) is 2.65. The Labute approximate surface area is 138 Å². The van der Waals surface area contributed by atoms with E-state index in [-0.39, 0.29) is 12.4 Å². The van der Waals surface area contributed by atoms with Gasteiger partial charge in [-0.1, -0.05) is 25.1 Å². The number of hydrogen-bond acceptors (Lipinski definition) is 3. The van der Waals surface area contributed by atoms with E-state index in [9.17, 15) is 4.39 Å². The van der Waals surface area contributed by atoms with Crippen LogP contribution in [0.15, 0.2) is 40.9 Å². The Kier molecular flexibility index (Phi) is 6.21. The van der Waals surface area contributed by atoms with Gasteiger partial charge >= 0.3 is 0 Å². The second-order valence-corrected chi connectivity index (χ2v) is 5.62. The van der Waals surface area contributed by atoms with Crippen LogP contribution < -0.4 is 14.8 Å². The first-order chi connectivity index (χ1) is 10.7. The van der Waals surface area contributed by atoms with Crippen LogP contribution in [0.4, 0.5) is 4.39 Å². The van der Waals surface area contributed by atoms with Crippen LogP contribution >= 0.6 is 15.9 Å². The van der Waals surface area contributed by atoms with Crippen LogP contribution in [-0.4, -0.2) is 13.7 Å². The van der Waals surface area contributed by atoms with Gasteiger partial charge in [-0.2, -0.15) is 0 Å². The largest absolute Gasteiger partial charge is 0.493 e. The molecule has 0 saturated heterocycles. The van der Waals surface area contributed by atoms with Gasteiger partial charge in [-0.15, -0.1) is 0 Å². The van der Waals surface area contributed by atoms with Crippen molar-refractivity contribution in [2.45, 2.75) is 20.1 Å². The number of benzene rings is 2. The van der Waals surface area contributed by atoms with Crippen molar-refractivity contribution < 1.29 is 13.9 Å². The predicted molar refractivity (Wildman–Crippen MR) is 88.8 cm³/mol. The molecular formula is C17H19BrFNO2. The van der Waals surface area contributed by atoms with E-state index >= 15 is 0 Å². The number of nitrogens with one attached hydrogen (secondary N) is 1. The molecule has 0 aliphatic rings. The van der Waals surface area contributed by atoms with Crippen molar-refractivity contribution in [3.8, 4) is 11.5 Å². The quantitative estimate of drug-likeness (QED) is 0.791. The third kappa shape index (κ3) is 4.21. The highest BCUT2D eigenvalue weighted by Gasteiger charge is 2.12. The van der Waals surface area contributed by atoms with Crippen LogP contribution in [0.25, 0.3) is 0 Å². The summed E-state index contributed by atoms with van der Waals surface area (Å²) in [6.07, 6.45) is 0. The average molecular weight is 368 g/mol. The van der Waals surface area contributed by atoms with Gasteiger partial charge in [0.15, 0.2) is 11.5 Å². The number of ether oxygens (including phenoxy) is 2. The molecule has 2 rings (SSSR count). The number of methoxy groups -OCH3 is 1. The summed E-state index contributed by atoms with van der Waals surface area (Å²) >= 11 is 3.50.